The normalized spacial score (nSPS) is 27.9. The summed E-state index contributed by atoms with van der Waals surface area (Å²) in [6.07, 6.45) is 7.61. The summed E-state index contributed by atoms with van der Waals surface area (Å²) in [6, 6.07) is 4.08. The standard InChI is InChI=1S/C21H32O3/c1-4-5-6-7-14-11-18(23)20-16-10-15(13-22)8-9-17(16)21(2,3)24-19(20)12-14/h11-12,15-17,22-23H,4-10,13H2,1-3H3/t15?,16-,17-/m1/s1. The average molecular weight is 332 g/mol. The number of phenols is 1. The van der Waals surface area contributed by atoms with Gasteiger partial charge in [-0.3, -0.25) is 0 Å². The van der Waals surface area contributed by atoms with Gasteiger partial charge in [0.1, 0.15) is 17.1 Å². The summed E-state index contributed by atoms with van der Waals surface area (Å²) in [5.74, 6) is 2.30. The first kappa shape index (κ1) is 17.6. The fourth-order valence-corrected chi connectivity index (χ4v) is 4.78. The van der Waals surface area contributed by atoms with E-state index in [-0.39, 0.29) is 12.2 Å². The largest absolute Gasteiger partial charge is 0.508 e. The molecule has 3 rings (SSSR count). The van der Waals surface area contributed by atoms with Crippen LogP contribution in [-0.4, -0.2) is 22.4 Å². The summed E-state index contributed by atoms with van der Waals surface area (Å²) in [5, 5.41) is 20.3. The second kappa shape index (κ2) is 6.95. The van der Waals surface area contributed by atoms with Gasteiger partial charge < -0.3 is 14.9 Å². The van der Waals surface area contributed by atoms with Crippen LogP contribution in [0.15, 0.2) is 12.1 Å². The van der Waals surface area contributed by atoms with E-state index in [2.05, 4.69) is 26.8 Å². The molecule has 0 saturated heterocycles. The van der Waals surface area contributed by atoms with Gasteiger partial charge in [0.25, 0.3) is 0 Å². The Morgan fingerprint density at radius 1 is 1.21 bits per heavy atom. The zero-order valence-corrected chi connectivity index (χ0v) is 15.3. The van der Waals surface area contributed by atoms with Crippen LogP contribution in [0.3, 0.4) is 0 Å². The molecular formula is C21H32O3. The molecule has 3 heteroatoms. The number of aliphatic hydroxyl groups is 1. The Morgan fingerprint density at radius 2 is 2.00 bits per heavy atom. The van der Waals surface area contributed by atoms with Crippen molar-refractivity contribution in [3.8, 4) is 11.5 Å². The molecule has 3 nitrogen and oxygen atoms in total. The van der Waals surface area contributed by atoms with Crippen LogP contribution in [0.2, 0.25) is 0 Å². The molecule has 2 aliphatic rings. The molecule has 1 aliphatic heterocycles. The van der Waals surface area contributed by atoms with E-state index in [0.29, 0.717) is 23.5 Å². The summed E-state index contributed by atoms with van der Waals surface area (Å²) in [4.78, 5) is 0. The molecule has 0 radical (unpaired) electrons. The third kappa shape index (κ3) is 3.28. The van der Waals surface area contributed by atoms with Crippen LogP contribution in [0.1, 0.15) is 76.3 Å². The van der Waals surface area contributed by atoms with Gasteiger partial charge >= 0.3 is 0 Å². The molecule has 1 aromatic rings. The molecule has 1 heterocycles. The second-order valence-electron chi connectivity index (χ2n) is 8.26. The van der Waals surface area contributed by atoms with Gasteiger partial charge in [-0.05, 0) is 75.5 Å². The van der Waals surface area contributed by atoms with Gasteiger partial charge in [-0.2, -0.15) is 0 Å². The number of aliphatic hydroxyl groups excluding tert-OH is 1. The maximum atomic E-state index is 10.7. The van der Waals surface area contributed by atoms with E-state index in [1.165, 1.54) is 18.4 Å². The molecule has 24 heavy (non-hydrogen) atoms. The number of aryl methyl sites for hydroxylation is 1. The van der Waals surface area contributed by atoms with E-state index < -0.39 is 0 Å². The zero-order chi connectivity index (χ0) is 17.3. The second-order valence-corrected chi connectivity index (χ2v) is 8.26. The first-order chi connectivity index (χ1) is 11.5. The summed E-state index contributed by atoms with van der Waals surface area (Å²) in [5.41, 5.74) is 1.94. The van der Waals surface area contributed by atoms with Gasteiger partial charge in [0.2, 0.25) is 0 Å². The monoisotopic (exact) mass is 332 g/mol. The zero-order valence-electron chi connectivity index (χ0n) is 15.3. The fraction of sp³-hybridized carbons (Fsp3) is 0.714. The van der Waals surface area contributed by atoms with E-state index in [4.69, 9.17) is 4.74 Å². The summed E-state index contributed by atoms with van der Waals surface area (Å²) >= 11 is 0. The molecule has 1 aromatic carbocycles. The van der Waals surface area contributed by atoms with Crippen LogP contribution in [0, 0.1) is 11.8 Å². The highest BCUT2D eigenvalue weighted by Gasteiger charge is 2.47. The SMILES string of the molecule is CCCCCc1cc(O)c2c(c1)OC(C)(C)[C@@H]1CCC(CO)C[C@@H]21. The van der Waals surface area contributed by atoms with Gasteiger partial charge in [0.15, 0.2) is 0 Å². The number of fused-ring (bicyclic) bond motifs is 3. The molecule has 2 N–H and O–H groups in total. The molecule has 0 aromatic heterocycles. The van der Waals surface area contributed by atoms with Gasteiger partial charge in [-0.15, -0.1) is 0 Å². The Hall–Kier alpha value is -1.22. The van der Waals surface area contributed by atoms with E-state index in [0.717, 1.165) is 43.4 Å². The number of ether oxygens (including phenoxy) is 1. The number of phenolic OH excluding ortho intramolecular Hbond substituents is 1. The van der Waals surface area contributed by atoms with Gasteiger partial charge in [-0.1, -0.05) is 19.8 Å². The number of rotatable bonds is 5. The number of aromatic hydroxyl groups is 1. The highest BCUT2D eigenvalue weighted by molar-refractivity contribution is 5.52. The minimum absolute atomic E-state index is 0.216. The highest BCUT2D eigenvalue weighted by atomic mass is 16.5. The minimum atomic E-state index is -0.216. The maximum absolute atomic E-state index is 10.7. The fourth-order valence-electron chi connectivity index (χ4n) is 4.78. The quantitative estimate of drug-likeness (QED) is 0.762. The van der Waals surface area contributed by atoms with Crippen molar-refractivity contribution in [1.29, 1.82) is 0 Å². The van der Waals surface area contributed by atoms with Crippen molar-refractivity contribution in [3.63, 3.8) is 0 Å². The van der Waals surface area contributed by atoms with E-state index in [1.54, 1.807) is 0 Å². The lowest BCUT2D eigenvalue weighted by atomic mass is 9.64. The summed E-state index contributed by atoms with van der Waals surface area (Å²) in [7, 11) is 0. The van der Waals surface area contributed by atoms with Crippen LogP contribution >= 0.6 is 0 Å². The van der Waals surface area contributed by atoms with Crippen LogP contribution in [0.25, 0.3) is 0 Å². The predicted octanol–water partition coefficient (Wildman–Crippen LogP) is 4.79. The lowest BCUT2D eigenvalue weighted by Crippen LogP contribution is -2.47. The van der Waals surface area contributed by atoms with E-state index in [9.17, 15) is 10.2 Å². The lowest BCUT2D eigenvalue weighted by Gasteiger charge is -2.49. The highest BCUT2D eigenvalue weighted by Crippen LogP contribution is 2.55. The molecule has 0 spiro atoms. The molecule has 1 saturated carbocycles. The molecular weight excluding hydrogens is 300 g/mol. The molecule has 0 bridgehead atoms. The molecule has 1 aliphatic carbocycles. The molecule has 3 atom stereocenters. The average Bonchev–Trinajstić information content (AvgIpc) is 2.53. The van der Waals surface area contributed by atoms with Crippen LogP contribution < -0.4 is 4.74 Å². The Balaban J connectivity index is 1.93. The van der Waals surface area contributed by atoms with Crippen molar-refractivity contribution >= 4 is 0 Å². The smallest absolute Gasteiger partial charge is 0.127 e. The summed E-state index contributed by atoms with van der Waals surface area (Å²) < 4.78 is 6.36. The molecule has 134 valence electrons. The van der Waals surface area contributed by atoms with Crippen molar-refractivity contribution in [3.05, 3.63) is 23.3 Å². The Labute approximate surface area is 146 Å². The Kier molecular flexibility index (Phi) is 5.10. The number of hydrogen-bond donors (Lipinski definition) is 2. The van der Waals surface area contributed by atoms with Crippen molar-refractivity contribution in [2.75, 3.05) is 6.61 Å². The molecule has 1 fully saturated rings. The third-order valence-electron chi connectivity index (χ3n) is 6.10. The topological polar surface area (TPSA) is 49.7 Å². The molecule has 1 unspecified atom stereocenters. The van der Waals surface area contributed by atoms with Crippen LogP contribution in [0.5, 0.6) is 11.5 Å². The number of unbranched alkanes of at least 4 members (excludes halogenated alkanes) is 2. The first-order valence-corrected chi connectivity index (χ1v) is 9.62. The third-order valence-corrected chi connectivity index (χ3v) is 6.10. The predicted molar refractivity (Wildman–Crippen MR) is 96.7 cm³/mol. The first-order valence-electron chi connectivity index (χ1n) is 9.62. The Bertz CT molecular complexity index is 579. The summed E-state index contributed by atoms with van der Waals surface area (Å²) in [6.45, 7) is 6.80. The van der Waals surface area contributed by atoms with Crippen molar-refractivity contribution < 1.29 is 14.9 Å². The number of hydrogen-bond acceptors (Lipinski definition) is 3. The maximum Gasteiger partial charge on any atom is 0.127 e. The van der Waals surface area contributed by atoms with Gasteiger partial charge in [0.05, 0.1) is 0 Å². The van der Waals surface area contributed by atoms with E-state index in [1.807, 2.05) is 6.07 Å². The molecule has 0 amide bonds. The van der Waals surface area contributed by atoms with E-state index >= 15 is 0 Å². The Morgan fingerprint density at radius 3 is 2.71 bits per heavy atom. The van der Waals surface area contributed by atoms with Crippen LogP contribution in [0.4, 0.5) is 0 Å². The van der Waals surface area contributed by atoms with Crippen molar-refractivity contribution in [2.45, 2.75) is 77.2 Å². The van der Waals surface area contributed by atoms with Crippen LogP contribution in [-0.2, 0) is 6.42 Å². The van der Waals surface area contributed by atoms with Crippen molar-refractivity contribution in [2.24, 2.45) is 11.8 Å². The van der Waals surface area contributed by atoms with Crippen molar-refractivity contribution in [1.82, 2.24) is 0 Å². The van der Waals surface area contributed by atoms with Gasteiger partial charge in [-0.25, -0.2) is 0 Å². The minimum Gasteiger partial charge on any atom is -0.508 e. The number of benzene rings is 1. The lowest BCUT2D eigenvalue weighted by molar-refractivity contribution is -0.0210. The van der Waals surface area contributed by atoms with Gasteiger partial charge in [0, 0.05) is 18.1 Å².